The average molecular weight is 303 g/mol. The van der Waals surface area contributed by atoms with Gasteiger partial charge in [0.15, 0.2) is 0 Å². The average Bonchev–Trinajstić information content (AvgIpc) is 2.37. The number of aromatic carboxylic acids is 1. The Morgan fingerprint density at radius 1 is 1.45 bits per heavy atom. The summed E-state index contributed by atoms with van der Waals surface area (Å²) in [5.74, 6) is -2.21. The smallest absolute Gasteiger partial charge is 0.335 e. The third kappa shape index (κ3) is 3.55. The zero-order valence-corrected chi connectivity index (χ0v) is 12.4. The molecule has 112 valence electrons. The van der Waals surface area contributed by atoms with Gasteiger partial charge in [-0.3, -0.25) is 0 Å². The molecule has 0 bridgehead atoms. The van der Waals surface area contributed by atoms with Gasteiger partial charge in [-0.05, 0) is 24.1 Å². The Balaban J connectivity index is 3.13. The Labute approximate surface area is 118 Å². The Hall–Kier alpha value is -1.47. The first-order valence-electron chi connectivity index (χ1n) is 6.19. The van der Waals surface area contributed by atoms with E-state index in [4.69, 9.17) is 5.11 Å². The predicted molar refractivity (Wildman–Crippen MR) is 72.6 cm³/mol. The highest BCUT2D eigenvalue weighted by molar-refractivity contribution is 7.89. The maximum atomic E-state index is 13.8. The van der Waals surface area contributed by atoms with Crippen LogP contribution >= 0.6 is 0 Å². The van der Waals surface area contributed by atoms with Crippen molar-refractivity contribution in [3.8, 4) is 0 Å². The van der Waals surface area contributed by atoms with Crippen molar-refractivity contribution >= 4 is 16.0 Å². The standard InChI is InChI=1S/C13H18FNO4S/c1-4-9(2)8-15(3)20(18,19)12-6-5-10(13(16)17)7-11(12)14/h5-7,9H,4,8H2,1-3H3,(H,16,17). The molecule has 1 rings (SSSR count). The van der Waals surface area contributed by atoms with Gasteiger partial charge in [-0.2, -0.15) is 0 Å². The van der Waals surface area contributed by atoms with E-state index in [2.05, 4.69) is 0 Å². The van der Waals surface area contributed by atoms with E-state index in [0.29, 0.717) is 6.07 Å². The fraction of sp³-hybridized carbons (Fsp3) is 0.462. The molecule has 1 atom stereocenters. The van der Waals surface area contributed by atoms with Crippen molar-refractivity contribution in [2.24, 2.45) is 5.92 Å². The molecule has 20 heavy (non-hydrogen) atoms. The number of carboxylic acids is 1. The van der Waals surface area contributed by atoms with Crippen LogP contribution in [0.5, 0.6) is 0 Å². The van der Waals surface area contributed by atoms with Crippen molar-refractivity contribution < 1.29 is 22.7 Å². The number of benzene rings is 1. The predicted octanol–water partition coefficient (Wildman–Crippen LogP) is 2.19. The molecule has 0 saturated heterocycles. The lowest BCUT2D eigenvalue weighted by molar-refractivity contribution is 0.0696. The van der Waals surface area contributed by atoms with Crippen LogP contribution in [0.3, 0.4) is 0 Å². The quantitative estimate of drug-likeness (QED) is 0.874. The zero-order chi connectivity index (χ0) is 15.5. The minimum Gasteiger partial charge on any atom is -0.478 e. The van der Waals surface area contributed by atoms with Crippen molar-refractivity contribution in [3.05, 3.63) is 29.6 Å². The summed E-state index contributed by atoms with van der Waals surface area (Å²) in [4.78, 5) is 10.2. The van der Waals surface area contributed by atoms with Gasteiger partial charge in [-0.25, -0.2) is 21.9 Å². The topological polar surface area (TPSA) is 74.7 Å². The second kappa shape index (κ2) is 6.32. The van der Waals surface area contributed by atoms with Crippen LogP contribution in [0.2, 0.25) is 0 Å². The van der Waals surface area contributed by atoms with Crippen molar-refractivity contribution in [1.29, 1.82) is 0 Å². The monoisotopic (exact) mass is 303 g/mol. The number of hydrogen-bond donors (Lipinski definition) is 1. The highest BCUT2D eigenvalue weighted by Crippen LogP contribution is 2.21. The van der Waals surface area contributed by atoms with E-state index in [1.165, 1.54) is 7.05 Å². The zero-order valence-electron chi connectivity index (χ0n) is 11.6. The van der Waals surface area contributed by atoms with Gasteiger partial charge in [0.2, 0.25) is 10.0 Å². The maximum absolute atomic E-state index is 13.8. The molecule has 0 fully saturated rings. The van der Waals surface area contributed by atoms with Gasteiger partial charge in [0.25, 0.3) is 0 Å². The van der Waals surface area contributed by atoms with Crippen LogP contribution in [0.25, 0.3) is 0 Å². The Kier molecular flexibility index (Phi) is 5.24. The van der Waals surface area contributed by atoms with Crippen LogP contribution in [-0.2, 0) is 10.0 Å². The largest absolute Gasteiger partial charge is 0.478 e. The molecular formula is C13H18FNO4S. The molecule has 0 aliphatic heterocycles. The molecule has 1 unspecified atom stereocenters. The van der Waals surface area contributed by atoms with Crippen molar-refractivity contribution in [1.82, 2.24) is 4.31 Å². The molecule has 1 aromatic carbocycles. The minimum absolute atomic E-state index is 0.149. The molecule has 1 aromatic rings. The molecule has 0 radical (unpaired) electrons. The van der Waals surface area contributed by atoms with Gasteiger partial charge in [0.1, 0.15) is 10.7 Å². The fourth-order valence-corrected chi connectivity index (χ4v) is 3.01. The van der Waals surface area contributed by atoms with E-state index in [-0.39, 0.29) is 18.0 Å². The van der Waals surface area contributed by atoms with Crippen LogP contribution in [0.1, 0.15) is 30.6 Å². The lowest BCUT2D eigenvalue weighted by Crippen LogP contribution is -2.31. The second-order valence-corrected chi connectivity index (χ2v) is 6.76. The SMILES string of the molecule is CCC(C)CN(C)S(=O)(=O)c1ccc(C(=O)O)cc1F. The lowest BCUT2D eigenvalue weighted by Gasteiger charge is -2.20. The Morgan fingerprint density at radius 2 is 2.05 bits per heavy atom. The van der Waals surface area contributed by atoms with Gasteiger partial charge in [-0.1, -0.05) is 20.3 Å². The number of halogens is 1. The first-order valence-corrected chi connectivity index (χ1v) is 7.63. The summed E-state index contributed by atoms with van der Waals surface area (Å²) in [5, 5.41) is 8.74. The van der Waals surface area contributed by atoms with E-state index < -0.39 is 26.7 Å². The number of nitrogens with zero attached hydrogens (tertiary/aromatic N) is 1. The molecule has 0 amide bonds. The number of carboxylic acid groups (broad SMARTS) is 1. The van der Waals surface area contributed by atoms with Gasteiger partial charge in [0, 0.05) is 13.6 Å². The highest BCUT2D eigenvalue weighted by atomic mass is 32.2. The lowest BCUT2D eigenvalue weighted by atomic mass is 10.1. The number of rotatable bonds is 6. The summed E-state index contributed by atoms with van der Waals surface area (Å²) >= 11 is 0. The molecule has 1 N–H and O–H groups in total. The van der Waals surface area contributed by atoms with Crippen LogP contribution in [0.15, 0.2) is 23.1 Å². The first kappa shape index (κ1) is 16.6. The van der Waals surface area contributed by atoms with Crippen molar-refractivity contribution in [2.45, 2.75) is 25.2 Å². The van der Waals surface area contributed by atoms with E-state index >= 15 is 0 Å². The van der Waals surface area contributed by atoms with Crippen molar-refractivity contribution in [2.75, 3.05) is 13.6 Å². The van der Waals surface area contributed by atoms with Crippen LogP contribution in [0.4, 0.5) is 4.39 Å². The summed E-state index contributed by atoms with van der Waals surface area (Å²) in [5.41, 5.74) is -0.286. The fourth-order valence-electron chi connectivity index (χ4n) is 1.68. The first-order chi connectivity index (χ1) is 9.20. The molecule has 0 aromatic heterocycles. The van der Waals surface area contributed by atoms with Crippen LogP contribution < -0.4 is 0 Å². The number of hydrogen-bond acceptors (Lipinski definition) is 3. The van der Waals surface area contributed by atoms with E-state index in [1.54, 1.807) is 0 Å². The summed E-state index contributed by atoms with van der Waals surface area (Å²) in [6.45, 7) is 4.11. The summed E-state index contributed by atoms with van der Waals surface area (Å²) in [7, 11) is -2.57. The third-order valence-corrected chi connectivity index (χ3v) is 4.99. The summed E-state index contributed by atoms with van der Waals surface area (Å²) in [6, 6.07) is 2.78. The van der Waals surface area contributed by atoms with Gasteiger partial charge >= 0.3 is 5.97 Å². The third-order valence-electron chi connectivity index (χ3n) is 3.13. The minimum atomic E-state index is -3.95. The molecule has 0 heterocycles. The second-order valence-electron chi connectivity index (χ2n) is 4.75. The molecule has 0 saturated carbocycles. The van der Waals surface area contributed by atoms with Gasteiger partial charge in [0.05, 0.1) is 5.56 Å². The summed E-state index contributed by atoms with van der Waals surface area (Å²) in [6.07, 6.45) is 0.806. The molecular weight excluding hydrogens is 285 g/mol. The summed E-state index contributed by atoms with van der Waals surface area (Å²) < 4.78 is 39.3. The van der Waals surface area contributed by atoms with Crippen molar-refractivity contribution in [3.63, 3.8) is 0 Å². The van der Waals surface area contributed by atoms with Crippen LogP contribution in [-0.4, -0.2) is 37.4 Å². The highest BCUT2D eigenvalue weighted by Gasteiger charge is 2.26. The molecule has 0 spiro atoms. The molecule has 0 aliphatic rings. The maximum Gasteiger partial charge on any atom is 0.335 e. The molecule has 7 heteroatoms. The normalized spacial score (nSPS) is 13.4. The molecule has 0 aliphatic carbocycles. The van der Waals surface area contributed by atoms with Gasteiger partial charge < -0.3 is 5.11 Å². The number of carbonyl (C=O) groups is 1. The van der Waals surface area contributed by atoms with E-state index in [0.717, 1.165) is 22.9 Å². The Bertz CT molecular complexity index is 600. The number of sulfonamides is 1. The van der Waals surface area contributed by atoms with Crippen LogP contribution in [0, 0.1) is 11.7 Å². The molecule has 5 nitrogen and oxygen atoms in total. The Morgan fingerprint density at radius 3 is 2.50 bits per heavy atom. The van der Waals surface area contributed by atoms with Gasteiger partial charge in [-0.15, -0.1) is 0 Å². The van der Waals surface area contributed by atoms with E-state index in [1.807, 2.05) is 13.8 Å². The van der Waals surface area contributed by atoms with E-state index in [9.17, 15) is 17.6 Å².